The molecule has 0 radical (unpaired) electrons. The van der Waals surface area contributed by atoms with Crippen molar-refractivity contribution in [2.45, 2.75) is 50.5 Å². The molecule has 0 amide bonds. The summed E-state index contributed by atoms with van der Waals surface area (Å²) >= 11 is 3.49. The van der Waals surface area contributed by atoms with Crippen molar-refractivity contribution in [3.8, 4) is 0 Å². The van der Waals surface area contributed by atoms with Crippen LogP contribution < -0.4 is 0 Å². The van der Waals surface area contributed by atoms with Crippen molar-refractivity contribution in [1.29, 1.82) is 0 Å². The van der Waals surface area contributed by atoms with Crippen LogP contribution >= 0.6 is 12.6 Å². The van der Waals surface area contributed by atoms with Crippen molar-refractivity contribution in [1.82, 2.24) is 0 Å². The van der Waals surface area contributed by atoms with Gasteiger partial charge in [-0.15, -0.1) is 0 Å². The van der Waals surface area contributed by atoms with Crippen LogP contribution in [0.25, 0.3) is 0 Å². The molecule has 0 aromatic heterocycles. The first-order valence-corrected chi connectivity index (χ1v) is 4.75. The SMILES string of the molecule is CCCCCC[C@H](S)C(F)(F)F. The lowest BCUT2D eigenvalue weighted by molar-refractivity contribution is -0.129. The predicted molar refractivity (Wildman–Crippen MR) is 47.6 cm³/mol. The summed E-state index contributed by atoms with van der Waals surface area (Å²) in [5.74, 6) is 0. The van der Waals surface area contributed by atoms with E-state index in [0.717, 1.165) is 19.3 Å². The van der Waals surface area contributed by atoms with Crippen LogP contribution in [0.1, 0.15) is 39.0 Å². The second-order valence-corrected chi connectivity index (χ2v) is 3.53. The van der Waals surface area contributed by atoms with Crippen LogP contribution in [0.2, 0.25) is 0 Å². The average Bonchev–Trinajstić information content (AvgIpc) is 1.96. The highest BCUT2D eigenvalue weighted by molar-refractivity contribution is 7.81. The molecule has 0 heterocycles. The summed E-state index contributed by atoms with van der Waals surface area (Å²) < 4.78 is 35.6. The van der Waals surface area contributed by atoms with Gasteiger partial charge in [0, 0.05) is 0 Å². The zero-order valence-corrected chi connectivity index (χ0v) is 8.09. The number of thiol groups is 1. The largest absolute Gasteiger partial charge is 0.400 e. The third kappa shape index (κ3) is 5.75. The third-order valence-electron chi connectivity index (χ3n) is 1.71. The molecule has 0 nitrogen and oxygen atoms in total. The van der Waals surface area contributed by atoms with Gasteiger partial charge in [-0.2, -0.15) is 25.8 Å². The summed E-state index contributed by atoms with van der Waals surface area (Å²) in [6, 6.07) is 0. The normalized spacial score (nSPS) is 14.8. The molecule has 74 valence electrons. The number of hydrogen-bond acceptors (Lipinski definition) is 1. The van der Waals surface area contributed by atoms with E-state index in [9.17, 15) is 13.2 Å². The fourth-order valence-electron chi connectivity index (χ4n) is 0.928. The van der Waals surface area contributed by atoms with Gasteiger partial charge in [-0.05, 0) is 6.42 Å². The van der Waals surface area contributed by atoms with Crippen molar-refractivity contribution >= 4 is 12.6 Å². The second kappa shape index (κ2) is 5.73. The molecule has 4 heteroatoms. The summed E-state index contributed by atoms with van der Waals surface area (Å²) in [7, 11) is 0. The predicted octanol–water partition coefficient (Wildman–Crippen LogP) is 3.82. The molecule has 0 aliphatic carbocycles. The minimum atomic E-state index is -4.13. The van der Waals surface area contributed by atoms with Crippen LogP contribution in [0.5, 0.6) is 0 Å². The van der Waals surface area contributed by atoms with Crippen LogP contribution in [0, 0.1) is 0 Å². The summed E-state index contributed by atoms with van der Waals surface area (Å²) in [5, 5.41) is -1.44. The molecule has 0 saturated heterocycles. The minimum absolute atomic E-state index is 0.145. The first kappa shape index (κ1) is 12.1. The van der Waals surface area contributed by atoms with Crippen LogP contribution in [0.15, 0.2) is 0 Å². The standard InChI is InChI=1S/C8H15F3S/c1-2-3-4-5-6-7(12)8(9,10)11/h7,12H,2-6H2,1H3/t7-/m0/s1. The van der Waals surface area contributed by atoms with Crippen LogP contribution in [0.4, 0.5) is 13.2 Å². The van der Waals surface area contributed by atoms with Crippen LogP contribution in [-0.2, 0) is 0 Å². The summed E-state index contributed by atoms with van der Waals surface area (Å²) in [5.41, 5.74) is 0. The van der Waals surface area contributed by atoms with Gasteiger partial charge in [-0.1, -0.05) is 32.6 Å². The van der Waals surface area contributed by atoms with E-state index in [-0.39, 0.29) is 6.42 Å². The molecular formula is C8H15F3S. The summed E-state index contributed by atoms with van der Waals surface area (Å²) in [4.78, 5) is 0. The van der Waals surface area contributed by atoms with Crippen molar-refractivity contribution in [3.05, 3.63) is 0 Å². The molecule has 0 aromatic rings. The van der Waals surface area contributed by atoms with Gasteiger partial charge in [0.15, 0.2) is 0 Å². The molecular weight excluding hydrogens is 185 g/mol. The molecule has 0 fully saturated rings. The Morgan fingerprint density at radius 1 is 1.17 bits per heavy atom. The molecule has 0 aromatic carbocycles. The highest BCUT2D eigenvalue weighted by Gasteiger charge is 2.35. The Morgan fingerprint density at radius 3 is 2.17 bits per heavy atom. The molecule has 0 spiro atoms. The molecule has 1 atom stereocenters. The van der Waals surface area contributed by atoms with Crippen molar-refractivity contribution in [3.63, 3.8) is 0 Å². The highest BCUT2D eigenvalue weighted by Crippen LogP contribution is 2.28. The molecule has 0 N–H and O–H groups in total. The zero-order chi connectivity index (χ0) is 9.61. The molecule has 0 saturated carbocycles. The minimum Gasteiger partial charge on any atom is -0.170 e. The van der Waals surface area contributed by atoms with Gasteiger partial charge in [0.2, 0.25) is 0 Å². The lowest BCUT2D eigenvalue weighted by Gasteiger charge is -2.13. The number of hydrogen-bond donors (Lipinski definition) is 1. The van der Waals surface area contributed by atoms with Crippen LogP contribution in [-0.4, -0.2) is 11.4 Å². The molecule has 0 unspecified atom stereocenters. The van der Waals surface area contributed by atoms with Crippen LogP contribution in [0.3, 0.4) is 0 Å². The van der Waals surface area contributed by atoms with E-state index >= 15 is 0 Å². The fourth-order valence-corrected chi connectivity index (χ4v) is 1.11. The first-order valence-electron chi connectivity index (χ1n) is 4.23. The number of rotatable bonds is 5. The fraction of sp³-hybridized carbons (Fsp3) is 1.00. The van der Waals surface area contributed by atoms with Gasteiger partial charge < -0.3 is 0 Å². The van der Waals surface area contributed by atoms with Gasteiger partial charge >= 0.3 is 6.18 Å². The monoisotopic (exact) mass is 200 g/mol. The summed E-state index contributed by atoms with van der Waals surface area (Å²) in [6.07, 6.45) is -0.422. The quantitative estimate of drug-likeness (QED) is 0.506. The Balaban J connectivity index is 3.38. The third-order valence-corrected chi connectivity index (χ3v) is 2.26. The lowest BCUT2D eigenvalue weighted by atomic mass is 10.1. The number of alkyl halides is 3. The molecule has 0 aliphatic rings. The van der Waals surface area contributed by atoms with Gasteiger partial charge in [0.1, 0.15) is 0 Å². The van der Waals surface area contributed by atoms with Gasteiger partial charge in [-0.25, -0.2) is 0 Å². The maximum absolute atomic E-state index is 11.9. The Morgan fingerprint density at radius 2 is 1.75 bits per heavy atom. The van der Waals surface area contributed by atoms with E-state index < -0.39 is 11.4 Å². The van der Waals surface area contributed by atoms with E-state index in [2.05, 4.69) is 12.6 Å². The van der Waals surface area contributed by atoms with Crippen molar-refractivity contribution < 1.29 is 13.2 Å². The molecule has 0 aliphatic heterocycles. The maximum Gasteiger partial charge on any atom is 0.400 e. The number of halogens is 3. The maximum atomic E-state index is 11.9. The van der Waals surface area contributed by atoms with E-state index in [1.165, 1.54) is 0 Å². The Kier molecular flexibility index (Phi) is 5.80. The topological polar surface area (TPSA) is 0 Å². The van der Waals surface area contributed by atoms with E-state index in [1.54, 1.807) is 0 Å². The van der Waals surface area contributed by atoms with Gasteiger partial charge in [0.05, 0.1) is 5.25 Å². The molecule has 12 heavy (non-hydrogen) atoms. The van der Waals surface area contributed by atoms with E-state index in [1.807, 2.05) is 6.92 Å². The Hall–Kier alpha value is 0.140. The lowest BCUT2D eigenvalue weighted by Crippen LogP contribution is -2.23. The highest BCUT2D eigenvalue weighted by atomic mass is 32.1. The van der Waals surface area contributed by atoms with E-state index in [4.69, 9.17) is 0 Å². The average molecular weight is 200 g/mol. The Labute approximate surface area is 76.9 Å². The Bertz CT molecular complexity index is 111. The van der Waals surface area contributed by atoms with Gasteiger partial charge in [0.25, 0.3) is 0 Å². The molecule has 0 rings (SSSR count). The number of unbranched alkanes of at least 4 members (excludes halogenated alkanes) is 3. The smallest absolute Gasteiger partial charge is 0.170 e. The summed E-state index contributed by atoms with van der Waals surface area (Å²) in [6.45, 7) is 2.03. The zero-order valence-electron chi connectivity index (χ0n) is 7.19. The van der Waals surface area contributed by atoms with Crippen molar-refractivity contribution in [2.24, 2.45) is 0 Å². The van der Waals surface area contributed by atoms with Crippen molar-refractivity contribution in [2.75, 3.05) is 0 Å². The second-order valence-electron chi connectivity index (χ2n) is 2.91. The van der Waals surface area contributed by atoms with Gasteiger partial charge in [-0.3, -0.25) is 0 Å². The molecule has 0 bridgehead atoms. The first-order chi connectivity index (χ1) is 5.48. The van der Waals surface area contributed by atoms with E-state index in [0.29, 0.717) is 6.42 Å².